The number of hydrogen-bond acceptors (Lipinski definition) is 5. The van der Waals surface area contributed by atoms with Gasteiger partial charge < -0.3 is 10.1 Å². The Morgan fingerprint density at radius 1 is 1.63 bits per heavy atom. The van der Waals surface area contributed by atoms with Crippen molar-refractivity contribution in [2.45, 2.75) is 39.5 Å². The summed E-state index contributed by atoms with van der Waals surface area (Å²) in [6.45, 7) is 6.31. The summed E-state index contributed by atoms with van der Waals surface area (Å²) in [6, 6.07) is 0. The van der Waals surface area contributed by atoms with Crippen LogP contribution in [0.15, 0.2) is 11.3 Å². The van der Waals surface area contributed by atoms with E-state index in [9.17, 15) is 4.79 Å². The SMILES string of the molecule is CC(C)(C)OC(=O)NCCn1ncc(CN=[N+]=[N-])n1. The highest BCUT2D eigenvalue weighted by Gasteiger charge is 2.15. The first-order chi connectivity index (χ1) is 8.90. The molecule has 1 heterocycles. The van der Waals surface area contributed by atoms with Gasteiger partial charge in [-0.25, -0.2) is 4.79 Å². The molecule has 0 saturated carbocycles. The van der Waals surface area contributed by atoms with Gasteiger partial charge in [-0.1, -0.05) is 5.11 Å². The lowest BCUT2D eigenvalue weighted by atomic mass is 10.2. The standard InChI is InChI=1S/C10H17N7O2/c1-10(2,3)19-9(18)12-4-5-17-14-7-8(15-17)6-13-16-11/h7H,4-6H2,1-3H3,(H,12,18). The van der Waals surface area contributed by atoms with Crippen LogP contribution in [0, 0.1) is 0 Å². The molecule has 104 valence electrons. The molecule has 9 nitrogen and oxygen atoms in total. The van der Waals surface area contributed by atoms with Crippen molar-refractivity contribution in [3.63, 3.8) is 0 Å². The maximum absolute atomic E-state index is 11.4. The average molecular weight is 267 g/mol. The molecule has 0 fully saturated rings. The summed E-state index contributed by atoms with van der Waals surface area (Å²) in [6.07, 6.45) is 1.04. The summed E-state index contributed by atoms with van der Waals surface area (Å²) < 4.78 is 5.08. The minimum Gasteiger partial charge on any atom is -0.444 e. The van der Waals surface area contributed by atoms with Crippen LogP contribution in [0.5, 0.6) is 0 Å². The second-order valence-electron chi connectivity index (χ2n) is 4.75. The molecule has 0 aliphatic heterocycles. The zero-order valence-electron chi connectivity index (χ0n) is 11.2. The van der Waals surface area contributed by atoms with E-state index in [4.69, 9.17) is 10.3 Å². The summed E-state index contributed by atoms with van der Waals surface area (Å²) in [7, 11) is 0. The highest BCUT2D eigenvalue weighted by Crippen LogP contribution is 2.06. The van der Waals surface area contributed by atoms with Gasteiger partial charge >= 0.3 is 6.09 Å². The molecule has 19 heavy (non-hydrogen) atoms. The molecule has 0 radical (unpaired) electrons. The van der Waals surface area contributed by atoms with Crippen molar-refractivity contribution in [3.05, 3.63) is 22.3 Å². The average Bonchev–Trinajstić information content (AvgIpc) is 2.72. The molecule has 0 bridgehead atoms. The van der Waals surface area contributed by atoms with E-state index in [0.29, 0.717) is 18.8 Å². The number of alkyl carbamates (subject to hydrolysis) is 1. The molecule has 1 aromatic heterocycles. The first-order valence-corrected chi connectivity index (χ1v) is 5.77. The number of nitrogens with one attached hydrogen (secondary N) is 1. The van der Waals surface area contributed by atoms with Crippen molar-refractivity contribution >= 4 is 6.09 Å². The largest absolute Gasteiger partial charge is 0.444 e. The summed E-state index contributed by atoms with van der Waals surface area (Å²) in [5, 5.41) is 14.0. The highest BCUT2D eigenvalue weighted by atomic mass is 16.6. The van der Waals surface area contributed by atoms with Crippen molar-refractivity contribution < 1.29 is 9.53 Å². The van der Waals surface area contributed by atoms with E-state index in [2.05, 4.69) is 25.5 Å². The minimum atomic E-state index is -0.517. The number of hydrogen-bond donors (Lipinski definition) is 1. The fourth-order valence-corrected chi connectivity index (χ4v) is 1.19. The van der Waals surface area contributed by atoms with Crippen molar-refractivity contribution in [2.24, 2.45) is 5.11 Å². The minimum absolute atomic E-state index is 0.163. The molecule has 1 N–H and O–H groups in total. The summed E-state index contributed by atoms with van der Waals surface area (Å²) in [5.74, 6) is 0. The Balaban J connectivity index is 2.31. The third-order valence-corrected chi connectivity index (χ3v) is 1.86. The molecule has 0 aliphatic carbocycles. The van der Waals surface area contributed by atoms with Crippen LogP contribution in [0.25, 0.3) is 10.4 Å². The van der Waals surface area contributed by atoms with E-state index in [-0.39, 0.29) is 6.54 Å². The Labute approximate surface area is 110 Å². The van der Waals surface area contributed by atoms with Crippen LogP contribution in [0.1, 0.15) is 26.5 Å². The van der Waals surface area contributed by atoms with Crippen LogP contribution < -0.4 is 5.32 Å². The predicted octanol–water partition coefficient (Wildman–Crippen LogP) is 1.61. The maximum Gasteiger partial charge on any atom is 0.407 e. The smallest absolute Gasteiger partial charge is 0.407 e. The van der Waals surface area contributed by atoms with Crippen LogP contribution in [0.3, 0.4) is 0 Å². The maximum atomic E-state index is 11.4. The van der Waals surface area contributed by atoms with Gasteiger partial charge in [0.05, 0.1) is 25.0 Å². The molecule has 0 atom stereocenters. The number of rotatable bonds is 5. The number of azide groups is 1. The van der Waals surface area contributed by atoms with Gasteiger partial charge in [0.15, 0.2) is 0 Å². The molecule has 1 rings (SSSR count). The molecule has 0 saturated heterocycles. The molecule has 0 aromatic carbocycles. The second-order valence-corrected chi connectivity index (χ2v) is 4.75. The number of carbonyl (C=O) groups is 1. The van der Waals surface area contributed by atoms with E-state index in [0.717, 1.165) is 0 Å². The summed E-state index contributed by atoms with van der Waals surface area (Å²) in [5.41, 5.74) is 8.23. The predicted molar refractivity (Wildman–Crippen MR) is 67.1 cm³/mol. The first-order valence-electron chi connectivity index (χ1n) is 5.77. The Hall–Kier alpha value is -2.28. The van der Waals surface area contributed by atoms with E-state index < -0.39 is 11.7 Å². The molecule has 1 aromatic rings. The van der Waals surface area contributed by atoms with Gasteiger partial charge in [0.1, 0.15) is 5.60 Å². The van der Waals surface area contributed by atoms with Crippen LogP contribution in [0.2, 0.25) is 0 Å². The van der Waals surface area contributed by atoms with E-state index >= 15 is 0 Å². The van der Waals surface area contributed by atoms with Crippen molar-refractivity contribution in [2.75, 3.05) is 6.54 Å². The molecule has 9 heteroatoms. The monoisotopic (exact) mass is 267 g/mol. The Morgan fingerprint density at radius 2 is 2.37 bits per heavy atom. The van der Waals surface area contributed by atoms with Gasteiger partial charge in [-0.05, 0) is 26.3 Å². The van der Waals surface area contributed by atoms with Crippen LogP contribution in [0.4, 0.5) is 4.79 Å². The van der Waals surface area contributed by atoms with Crippen LogP contribution in [-0.2, 0) is 17.8 Å². The van der Waals surface area contributed by atoms with Gasteiger partial charge in [-0.3, -0.25) is 0 Å². The fourth-order valence-electron chi connectivity index (χ4n) is 1.19. The summed E-state index contributed by atoms with van der Waals surface area (Å²) >= 11 is 0. The number of ether oxygens (including phenoxy) is 1. The lowest BCUT2D eigenvalue weighted by molar-refractivity contribution is 0.0525. The van der Waals surface area contributed by atoms with E-state index in [1.54, 1.807) is 20.8 Å². The van der Waals surface area contributed by atoms with Crippen LogP contribution >= 0.6 is 0 Å². The molecular weight excluding hydrogens is 250 g/mol. The van der Waals surface area contributed by atoms with Gasteiger partial charge in [0.2, 0.25) is 0 Å². The van der Waals surface area contributed by atoms with E-state index in [1.165, 1.54) is 11.0 Å². The molecule has 1 amide bonds. The van der Waals surface area contributed by atoms with Gasteiger partial charge in [-0.15, -0.1) is 0 Å². The normalized spacial score (nSPS) is 10.7. The lowest BCUT2D eigenvalue weighted by Gasteiger charge is -2.19. The number of nitrogens with zero attached hydrogens (tertiary/aromatic N) is 6. The first kappa shape index (κ1) is 14.8. The molecular formula is C10H17N7O2. The molecule has 0 aliphatic rings. The fraction of sp³-hybridized carbons (Fsp3) is 0.700. The zero-order valence-corrected chi connectivity index (χ0v) is 11.2. The topological polar surface area (TPSA) is 118 Å². The zero-order chi connectivity index (χ0) is 14.3. The second kappa shape index (κ2) is 6.60. The van der Waals surface area contributed by atoms with Crippen LogP contribution in [-0.4, -0.2) is 33.2 Å². The van der Waals surface area contributed by atoms with Gasteiger partial charge in [-0.2, -0.15) is 15.0 Å². The Bertz CT molecular complexity index is 470. The lowest BCUT2D eigenvalue weighted by Crippen LogP contribution is -2.34. The highest BCUT2D eigenvalue weighted by molar-refractivity contribution is 5.67. The molecule has 0 spiro atoms. The van der Waals surface area contributed by atoms with Gasteiger partial charge in [0, 0.05) is 11.5 Å². The van der Waals surface area contributed by atoms with Crippen molar-refractivity contribution in [1.82, 2.24) is 20.3 Å². The Kier molecular flexibility index (Phi) is 5.13. The quantitative estimate of drug-likeness (QED) is 0.495. The van der Waals surface area contributed by atoms with Crippen molar-refractivity contribution in [1.29, 1.82) is 0 Å². The number of aromatic nitrogens is 3. The number of carbonyl (C=O) groups excluding carboxylic acids is 1. The Morgan fingerprint density at radius 3 is 3.00 bits per heavy atom. The number of amides is 1. The van der Waals surface area contributed by atoms with E-state index in [1.807, 2.05) is 0 Å². The molecule has 0 unspecified atom stereocenters. The van der Waals surface area contributed by atoms with Crippen molar-refractivity contribution in [3.8, 4) is 0 Å². The van der Waals surface area contributed by atoms with Gasteiger partial charge in [0.25, 0.3) is 0 Å². The third-order valence-electron chi connectivity index (χ3n) is 1.86. The third kappa shape index (κ3) is 6.27. The summed E-state index contributed by atoms with van der Waals surface area (Å²) in [4.78, 5) is 15.4.